The summed E-state index contributed by atoms with van der Waals surface area (Å²) in [5, 5.41) is 26.7. The predicted molar refractivity (Wildman–Crippen MR) is 125 cm³/mol. The molecule has 0 bridgehead atoms. The lowest BCUT2D eigenvalue weighted by molar-refractivity contribution is -0.142. The average Bonchev–Trinajstić information content (AvgIpc) is 3.43. The molecular weight excluding hydrogens is 489 g/mol. The van der Waals surface area contributed by atoms with Crippen LogP contribution in [0.5, 0.6) is 0 Å². The molecule has 1 unspecified atom stereocenters. The lowest BCUT2D eigenvalue weighted by atomic mass is 9.76. The molecule has 0 radical (unpaired) electrons. The van der Waals surface area contributed by atoms with Crippen LogP contribution in [0.4, 0.5) is 18.9 Å². The number of nitriles is 1. The van der Waals surface area contributed by atoms with Crippen molar-refractivity contribution in [1.82, 2.24) is 10.1 Å². The molecule has 0 aliphatic carbocycles. The Morgan fingerprint density at radius 2 is 1.84 bits per heavy atom. The molecule has 1 aliphatic rings. The van der Waals surface area contributed by atoms with Crippen LogP contribution < -0.4 is 5.32 Å². The molecule has 0 spiro atoms. The van der Waals surface area contributed by atoms with E-state index in [4.69, 9.17) is 9.78 Å². The number of alkyl halides is 3. The zero-order valence-corrected chi connectivity index (χ0v) is 19.5. The first-order valence-electron chi connectivity index (χ1n) is 11.5. The third-order valence-corrected chi connectivity index (χ3v) is 6.52. The quantitative estimate of drug-likeness (QED) is 0.515. The summed E-state index contributed by atoms with van der Waals surface area (Å²) in [5.41, 5.74) is -3.26. The van der Waals surface area contributed by atoms with Crippen LogP contribution in [0.3, 0.4) is 0 Å². The summed E-state index contributed by atoms with van der Waals surface area (Å²) in [4.78, 5) is 27.6. The van der Waals surface area contributed by atoms with Gasteiger partial charge in [-0.1, -0.05) is 35.5 Å². The highest BCUT2D eigenvalue weighted by molar-refractivity contribution is 5.98. The summed E-state index contributed by atoms with van der Waals surface area (Å²) >= 11 is 0. The molecule has 2 heterocycles. The number of halogens is 3. The predicted octanol–water partition coefficient (Wildman–Crippen LogP) is 4.03. The molecule has 2 amide bonds. The molecule has 3 aromatic rings. The number of likely N-dealkylation sites (tertiary alicyclic amines) is 1. The van der Waals surface area contributed by atoms with Crippen LogP contribution in [0.15, 0.2) is 65.3 Å². The lowest BCUT2D eigenvalue weighted by Crippen LogP contribution is -2.54. The van der Waals surface area contributed by atoms with Gasteiger partial charge in [0.15, 0.2) is 0 Å². The fourth-order valence-corrected chi connectivity index (χ4v) is 4.55. The zero-order chi connectivity index (χ0) is 26.6. The van der Waals surface area contributed by atoms with Gasteiger partial charge < -0.3 is 19.8 Å². The highest BCUT2D eigenvalue weighted by atomic mass is 19.4. The summed E-state index contributed by atoms with van der Waals surface area (Å²) in [6, 6.07) is 14.6. The molecule has 8 nitrogen and oxygen atoms in total. The van der Waals surface area contributed by atoms with Gasteiger partial charge in [-0.2, -0.15) is 18.4 Å². The van der Waals surface area contributed by atoms with Crippen molar-refractivity contribution >= 4 is 17.5 Å². The summed E-state index contributed by atoms with van der Waals surface area (Å²) < 4.78 is 45.2. The van der Waals surface area contributed by atoms with Gasteiger partial charge in [-0.15, -0.1) is 0 Å². The van der Waals surface area contributed by atoms with Gasteiger partial charge in [-0.05, 0) is 36.6 Å². The number of carbonyl (C=O) groups is 2. The highest BCUT2D eigenvalue weighted by Gasteiger charge is 2.46. The van der Waals surface area contributed by atoms with Crippen LogP contribution >= 0.6 is 0 Å². The first-order chi connectivity index (χ1) is 17.6. The number of rotatable bonds is 6. The van der Waals surface area contributed by atoms with Crippen molar-refractivity contribution in [2.75, 3.05) is 18.4 Å². The summed E-state index contributed by atoms with van der Waals surface area (Å²) in [6.45, 7) is 0.479. The third-order valence-electron chi connectivity index (χ3n) is 6.52. The number of benzene rings is 2. The Bertz CT molecular complexity index is 1300. The molecule has 1 aliphatic heterocycles. The summed E-state index contributed by atoms with van der Waals surface area (Å²) in [5.74, 6) is -1.73. The second-order valence-electron chi connectivity index (χ2n) is 8.85. The fourth-order valence-electron chi connectivity index (χ4n) is 4.55. The average molecular weight is 512 g/mol. The standard InChI is InChI=1S/C26H23F3N4O4/c27-26(28,29)21-14-20(7-6-18(21)16-30)32-24(35)25(36,15-17-4-2-1-3-5-17)19-9-12-33(13-10-19)23(34)22-8-11-31-37-22/h1-8,11,14,19,36H,9-10,12-13,15H2,(H,32,35). The molecule has 1 fully saturated rings. The van der Waals surface area contributed by atoms with Crippen LogP contribution in [0, 0.1) is 17.2 Å². The number of nitrogens with zero attached hydrogens (tertiary/aromatic N) is 3. The Hall–Kier alpha value is -4.17. The summed E-state index contributed by atoms with van der Waals surface area (Å²) in [7, 11) is 0. The zero-order valence-electron chi connectivity index (χ0n) is 19.5. The van der Waals surface area contributed by atoms with Gasteiger partial charge >= 0.3 is 6.18 Å². The van der Waals surface area contributed by atoms with Gasteiger partial charge in [0.05, 0.1) is 23.4 Å². The van der Waals surface area contributed by atoms with Gasteiger partial charge in [-0.25, -0.2) is 0 Å². The van der Waals surface area contributed by atoms with Crippen molar-refractivity contribution in [3.05, 3.63) is 83.2 Å². The Morgan fingerprint density at radius 3 is 2.43 bits per heavy atom. The molecule has 2 aromatic carbocycles. The minimum absolute atomic E-state index is 0.0806. The maximum Gasteiger partial charge on any atom is 0.417 e. The number of carbonyl (C=O) groups excluding carboxylic acids is 2. The molecule has 4 rings (SSSR count). The van der Waals surface area contributed by atoms with E-state index in [9.17, 15) is 27.9 Å². The van der Waals surface area contributed by atoms with E-state index in [-0.39, 0.29) is 49.7 Å². The number of hydrogen-bond donors (Lipinski definition) is 2. The van der Waals surface area contributed by atoms with E-state index in [2.05, 4.69) is 10.5 Å². The number of nitrogens with one attached hydrogen (secondary N) is 1. The van der Waals surface area contributed by atoms with Crippen LogP contribution in [0.2, 0.25) is 0 Å². The number of aromatic nitrogens is 1. The maximum atomic E-state index is 13.4. The van der Waals surface area contributed by atoms with Crippen LogP contribution in [0.1, 0.15) is 40.1 Å². The number of amides is 2. The van der Waals surface area contributed by atoms with Crippen molar-refractivity contribution in [3.8, 4) is 6.07 Å². The number of aliphatic hydroxyl groups is 1. The molecule has 1 aromatic heterocycles. The normalized spacial score (nSPS) is 16.0. The molecular formula is C26H23F3N4O4. The Morgan fingerprint density at radius 1 is 1.14 bits per heavy atom. The van der Waals surface area contributed by atoms with Crippen LogP contribution in [0.25, 0.3) is 0 Å². The fraction of sp³-hybridized carbons (Fsp3) is 0.308. The van der Waals surface area contributed by atoms with E-state index in [0.29, 0.717) is 11.6 Å². The number of anilines is 1. The van der Waals surface area contributed by atoms with E-state index in [1.807, 2.05) is 0 Å². The second kappa shape index (κ2) is 10.4. The molecule has 1 atom stereocenters. The topological polar surface area (TPSA) is 119 Å². The van der Waals surface area contributed by atoms with Gasteiger partial charge in [0.2, 0.25) is 5.76 Å². The molecule has 0 saturated carbocycles. The Labute approximate surface area is 210 Å². The SMILES string of the molecule is N#Cc1ccc(NC(=O)C(O)(Cc2ccccc2)C2CCN(C(=O)c3ccno3)CC2)cc1C(F)(F)F. The Balaban J connectivity index is 1.57. The van der Waals surface area contributed by atoms with Crippen molar-refractivity contribution in [3.63, 3.8) is 0 Å². The van der Waals surface area contributed by atoms with E-state index in [0.717, 1.165) is 6.07 Å². The third kappa shape index (κ3) is 5.65. The minimum Gasteiger partial charge on any atom is -0.379 e. The number of hydrogen-bond acceptors (Lipinski definition) is 6. The van der Waals surface area contributed by atoms with Gasteiger partial charge in [0.1, 0.15) is 5.60 Å². The minimum atomic E-state index is -4.80. The Kier molecular flexibility index (Phi) is 7.31. The van der Waals surface area contributed by atoms with Crippen molar-refractivity contribution in [2.24, 2.45) is 5.92 Å². The molecule has 11 heteroatoms. The van der Waals surface area contributed by atoms with E-state index < -0.39 is 34.7 Å². The van der Waals surface area contributed by atoms with Gasteiger partial charge in [0.25, 0.3) is 11.8 Å². The largest absolute Gasteiger partial charge is 0.417 e. The first-order valence-corrected chi connectivity index (χ1v) is 11.5. The van der Waals surface area contributed by atoms with Crippen LogP contribution in [-0.2, 0) is 17.4 Å². The second-order valence-corrected chi connectivity index (χ2v) is 8.85. The maximum absolute atomic E-state index is 13.4. The van der Waals surface area contributed by atoms with Crippen molar-refractivity contribution in [2.45, 2.75) is 31.0 Å². The first kappa shape index (κ1) is 25.9. The van der Waals surface area contributed by atoms with E-state index >= 15 is 0 Å². The highest BCUT2D eigenvalue weighted by Crippen LogP contribution is 2.36. The number of piperidine rings is 1. The molecule has 37 heavy (non-hydrogen) atoms. The van der Waals surface area contributed by atoms with Crippen molar-refractivity contribution < 1.29 is 32.4 Å². The smallest absolute Gasteiger partial charge is 0.379 e. The lowest BCUT2D eigenvalue weighted by Gasteiger charge is -2.40. The van der Waals surface area contributed by atoms with Crippen LogP contribution in [-0.4, -0.2) is 45.7 Å². The molecule has 2 N–H and O–H groups in total. The van der Waals surface area contributed by atoms with Crippen molar-refractivity contribution in [1.29, 1.82) is 5.26 Å². The van der Waals surface area contributed by atoms with Gasteiger partial charge in [0, 0.05) is 37.2 Å². The molecule has 1 saturated heterocycles. The van der Waals surface area contributed by atoms with E-state index in [1.165, 1.54) is 29.3 Å². The monoisotopic (exact) mass is 512 g/mol. The summed E-state index contributed by atoms with van der Waals surface area (Å²) in [6.07, 6.45) is -2.97. The van der Waals surface area contributed by atoms with Gasteiger partial charge in [-0.3, -0.25) is 9.59 Å². The van der Waals surface area contributed by atoms with E-state index in [1.54, 1.807) is 30.3 Å². The molecule has 192 valence electrons.